The van der Waals surface area contributed by atoms with Gasteiger partial charge < -0.3 is 25.2 Å². The van der Waals surface area contributed by atoms with Crippen LogP contribution in [-0.4, -0.2) is 59.9 Å². The molecule has 0 rings (SSSR count). The Morgan fingerprint density at radius 1 is 0.508 bits per heavy atom. The number of carboxylic acids is 1. The second-order valence-corrected chi connectivity index (χ2v) is 18.1. The van der Waals surface area contributed by atoms with Crippen LogP contribution in [0.15, 0.2) is 12.2 Å². The third kappa shape index (κ3) is 42.7. The highest BCUT2D eigenvalue weighted by Crippen LogP contribution is 2.43. The summed E-state index contributed by atoms with van der Waals surface area (Å²) in [6, 6.07) is -1.52. The molecule has 3 atom stereocenters. The lowest BCUT2D eigenvalue weighted by atomic mass is 10.0. The molecule has 0 radical (unpaired) electrons. The van der Waals surface area contributed by atoms with Crippen molar-refractivity contribution in [1.82, 2.24) is 0 Å². The van der Waals surface area contributed by atoms with E-state index >= 15 is 0 Å². The van der Waals surface area contributed by atoms with Gasteiger partial charge in [0.1, 0.15) is 12.6 Å². The molecule has 0 spiro atoms. The average molecular weight is 860 g/mol. The van der Waals surface area contributed by atoms with Crippen molar-refractivity contribution in [3.05, 3.63) is 12.2 Å². The monoisotopic (exact) mass is 860 g/mol. The lowest BCUT2D eigenvalue weighted by Gasteiger charge is -2.20. The van der Waals surface area contributed by atoms with Gasteiger partial charge in [-0.05, 0) is 38.5 Å². The topological polar surface area (TPSA) is 172 Å². The number of phosphoric acid groups is 1. The normalized spacial score (nSPS) is 13.7. The molecule has 11 nitrogen and oxygen atoms in total. The van der Waals surface area contributed by atoms with E-state index in [0.29, 0.717) is 12.8 Å². The van der Waals surface area contributed by atoms with Crippen LogP contribution >= 0.6 is 7.82 Å². The largest absolute Gasteiger partial charge is 0.480 e. The van der Waals surface area contributed by atoms with E-state index < -0.39 is 51.1 Å². The summed E-state index contributed by atoms with van der Waals surface area (Å²) in [5, 5.41) is 8.90. The van der Waals surface area contributed by atoms with Gasteiger partial charge in [-0.1, -0.05) is 199 Å². The first-order valence-electron chi connectivity index (χ1n) is 24.2. The predicted molar refractivity (Wildman–Crippen MR) is 240 cm³/mol. The summed E-state index contributed by atoms with van der Waals surface area (Å²) in [6.45, 7) is 2.82. The summed E-state index contributed by atoms with van der Waals surface area (Å²) in [5.41, 5.74) is 5.34. The van der Waals surface area contributed by atoms with Crippen LogP contribution < -0.4 is 5.73 Å². The number of hydrogen-bond acceptors (Lipinski definition) is 9. The first kappa shape index (κ1) is 57.2. The minimum Gasteiger partial charge on any atom is -0.480 e. The summed E-state index contributed by atoms with van der Waals surface area (Å²) < 4.78 is 32.8. The van der Waals surface area contributed by atoms with Gasteiger partial charge in [-0.2, -0.15) is 0 Å². The highest BCUT2D eigenvalue weighted by Gasteiger charge is 2.28. The third-order valence-electron chi connectivity index (χ3n) is 10.8. The van der Waals surface area contributed by atoms with Gasteiger partial charge in [-0.25, -0.2) is 4.57 Å². The minimum absolute atomic E-state index is 0.155. The van der Waals surface area contributed by atoms with E-state index in [9.17, 15) is 23.8 Å². The summed E-state index contributed by atoms with van der Waals surface area (Å²) in [5.74, 6) is -2.37. The van der Waals surface area contributed by atoms with E-state index in [2.05, 4.69) is 30.5 Å². The number of carbonyl (C=O) groups is 3. The molecule has 4 N–H and O–H groups in total. The number of rotatable bonds is 46. The number of ether oxygens (including phenoxy) is 2. The number of hydrogen-bond donors (Lipinski definition) is 3. The second kappa shape index (κ2) is 42.9. The molecule has 0 fully saturated rings. The molecule has 0 aromatic heterocycles. The van der Waals surface area contributed by atoms with Crippen LogP contribution in [0, 0.1) is 0 Å². The number of nitrogens with two attached hydrogens (primary N) is 1. The van der Waals surface area contributed by atoms with E-state index in [1.165, 1.54) is 141 Å². The van der Waals surface area contributed by atoms with E-state index in [-0.39, 0.29) is 19.4 Å². The number of phosphoric ester groups is 1. The van der Waals surface area contributed by atoms with Crippen molar-refractivity contribution in [3.8, 4) is 0 Å². The number of carboxylic acid groups (broad SMARTS) is 1. The van der Waals surface area contributed by atoms with Crippen molar-refractivity contribution >= 4 is 25.7 Å². The number of esters is 2. The summed E-state index contributed by atoms with van der Waals surface area (Å²) in [4.78, 5) is 46.0. The lowest BCUT2D eigenvalue weighted by molar-refractivity contribution is -0.161. The SMILES string of the molecule is CCCCCCC/C=C/CCCCCCCC(=O)O[C@@H](COC(=O)CCCCCCCCCCCCCCCCCCCCCCC)COP(=O)(O)OC[C@H](N)C(=O)O. The van der Waals surface area contributed by atoms with Crippen molar-refractivity contribution < 1.29 is 47.5 Å². The number of aliphatic carboxylic acids is 1. The fourth-order valence-electron chi connectivity index (χ4n) is 6.94. The fourth-order valence-corrected chi connectivity index (χ4v) is 7.72. The number of carbonyl (C=O) groups excluding carboxylic acids is 2. The van der Waals surface area contributed by atoms with Crippen LogP contribution in [0.2, 0.25) is 0 Å². The maximum absolute atomic E-state index is 12.6. The summed E-state index contributed by atoms with van der Waals surface area (Å²) >= 11 is 0. The number of allylic oxidation sites excluding steroid dienone is 2. The molecular weight excluding hydrogens is 769 g/mol. The van der Waals surface area contributed by atoms with Gasteiger partial charge in [-0.15, -0.1) is 0 Å². The van der Waals surface area contributed by atoms with E-state index in [4.69, 9.17) is 24.8 Å². The molecule has 0 aliphatic heterocycles. The first-order chi connectivity index (χ1) is 28.6. The van der Waals surface area contributed by atoms with E-state index in [0.717, 1.165) is 57.8 Å². The van der Waals surface area contributed by atoms with Gasteiger partial charge in [0, 0.05) is 12.8 Å². The van der Waals surface area contributed by atoms with Gasteiger partial charge in [0.05, 0.1) is 13.2 Å². The Morgan fingerprint density at radius 2 is 0.847 bits per heavy atom. The minimum atomic E-state index is -4.71. The van der Waals surface area contributed by atoms with Crippen LogP contribution in [0.4, 0.5) is 0 Å². The van der Waals surface area contributed by atoms with E-state index in [1.807, 2.05) is 0 Å². The van der Waals surface area contributed by atoms with Gasteiger partial charge in [0.25, 0.3) is 0 Å². The van der Waals surface area contributed by atoms with E-state index in [1.54, 1.807) is 0 Å². The lowest BCUT2D eigenvalue weighted by Crippen LogP contribution is -2.34. The van der Waals surface area contributed by atoms with Gasteiger partial charge in [0.2, 0.25) is 0 Å². The van der Waals surface area contributed by atoms with Crippen LogP contribution in [0.1, 0.15) is 239 Å². The van der Waals surface area contributed by atoms with Crippen molar-refractivity contribution in [2.45, 2.75) is 251 Å². The molecule has 0 saturated heterocycles. The van der Waals surface area contributed by atoms with Crippen LogP contribution in [0.25, 0.3) is 0 Å². The molecule has 12 heteroatoms. The Morgan fingerprint density at radius 3 is 1.24 bits per heavy atom. The Hall–Kier alpha value is -1.78. The average Bonchev–Trinajstić information content (AvgIpc) is 3.21. The molecule has 0 bridgehead atoms. The van der Waals surface area contributed by atoms with Crippen molar-refractivity contribution in [1.29, 1.82) is 0 Å². The maximum Gasteiger partial charge on any atom is 0.472 e. The smallest absolute Gasteiger partial charge is 0.472 e. The molecule has 0 amide bonds. The Labute approximate surface area is 360 Å². The maximum atomic E-state index is 12.6. The zero-order chi connectivity index (χ0) is 43.5. The van der Waals surface area contributed by atoms with Gasteiger partial charge >= 0.3 is 25.7 Å². The molecule has 59 heavy (non-hydrogen) atoms. The molecule has 0 aromatic rings. The predicted octanol–water partition coefficient (Wildman–Crippen LogP) is 13.2. The first-order valence-corrected chi connectivity index (χ1v) is 25.7. The van der Waals surface area contributed by atoms with Crippen LogP contribution in [0.3, 0.4) is 0 Å². The molecule has 0 aliphatic carbocycles. The summed E-state index contributed by atoms with van der Waals surface area (Å²) in [6.07, 6.45) is 44.2. The molecular formula is C47H90NO10P. The molecule has 0 heterocycles. The highest BCUT2D eigenvalue weighted by molar-refractivity contribution is 7.47. The molecule has 0 aromatic carbocycles. The Bertz CT molecular complexity index is 1060. The third-order valence-corrected chi connectivity index (χ3v) is 11.7. The standard InChI is InChI=1S/C47H90NO10P/c1-3-5-7-9-11-13-15-17-19-20-21-22-23-24-25-27-28-30-32-34-36-38-45(49)55-40-43(41-56-59(53,54)57-42-44(48)47(51)52)58-46(50)39-37-35-33-31-29-26-18-16-14-12-10-8-6-4-2/h16,18,43-44H,3-15,17,19-42,48H2,1-2H3,(H,51,52)(H,53,54)/b18-16+/t43-,44-/m0/s1. The van der Waals surface area contributed by atoms with Gasteiger partial charge in [0.15, 0.2) is 6.10 Å². The number of unbranched alkanes of at least 4 members (excludes halogenated alkanes) is 30. The second-order valence-electron chi connectivity index (χ2n) is 16.6. The van der Waals surface area contributed by atoms with Crippen LogP contribution in [-0.2, 0) is 37.5 Å². The molecule has 0 aliphatic rings. The molecule has 0 saturated carbocycles. The highest BCUT2D eigenvalue weighted by atomic mass is 31.2. The van der Waals surface area contributed by atoms with Gasteiger partial charge in [-0.3, -0.25) is 23.4 Å². The zero-order valence-electron chi connectivity index (χ0n) is 37.9. The quantitative estimate of drug-likeness (QED) is 0.0230. The van der Waals surface area contributed by atoms with Crippen molar-refractivity contribution in [2.75, 3.05) is 19.8 Å². The Balaban J connectivity index is 4.21. The zero-order valence-corrected chi connectivity index (χ0v) is 38.8. The van der Waals surface area contributed by atoms with Crippen LogP contribution in [0.5, 0.6) is 0 Å². The van der Waals surface area contributed by atoms with Crippen molar-refractivity contribution in [2.24, 2.45) is 5.73 Å². The summed E-state index contributed by atoms with van der Waals surface area (Å²) in [7, 11) is -4.71. The molecule has 1 unspecified atom stereocenters. The fraction of sp³-hybridized carbons (Fsp3) is 0.894. The molecule has 348 valence electrons. The van der Waals surface area contributed by atoms with Crippen molar-refractivity contribution in [3.63, 3.8) is 0 Å². The Kier molecular flexibility index (Phi) is 41.6.